The summed E-state index contributed by atoms with van der Waals surface area (Å²) >= 11 is 6.07. The Bertz CT molecular complexity index is 1090. The first kappa shape index (κ1) is 24.3. The molecule has 184 valence electrons. The van der Waals surface area contributed by atoms with Gasteiger partial charge in [0.05, 0.1) is 17.7 Å². The number of nitrogens with zero attached hydrogens (tertiary/aromatic N) is 2. The number of alkyl carbamates (subject to hydrolysis) is 1. The lowest BCUT2D eigenvalue weighted by Crippen LogP contribution is -2.56. The zero-order chi connectivity index (χ0) is 24.6. The third kappa shape index (κ3) is 5.64. The van der Waals surface area contributed by atoms with Crippen LogP contribution in [0.25, 0.3) is 10.9 Å². The average Bonchev–Trinajstić information content (AvgIpc) is 2.72. The maximum atomic E-state index is 13.4. The highest BCUT2D eigenvalue weighted by Crippen LogP contribution is 2.35. The number of piperidine rings is 1. The number of nitrogens with one attached hydrogen (secondary N) is 2. The Hall–Kier alpha value is -2.79. The highest BCUT2D eigenvalue weighted by Gasteiger charge is 2.35. The van der Waals surface area contributed by atoms with E-state index in [4.69, 9.17) is 16.3 Å². The Morgan fingerprint density at radius 2 is 1.88 bits per heavy atom. The van der Waals surface area contributed by atoms with Crippen LogP contribution in [0.3, 0.4) is 0 Å². The molecule has 1 aromatic heterocycles. The number of aliphatic hydroxyl groups excluding tert-OH is 1. The lowest BCUT2D eigenvalue weighted by atomic mass is 9.92. The SMILES string of the molecule is CC(=O)N1C[C@@H](NC(=O)OC2CC(O)C2)C[C@@H](Nc2cc(C(F)(F)F)nc3ccc(Cl)cc23)C1. The number of fused-ring (bicyclic) bond motifs is 1. The quantitative estimate of drug-likeness (QED) is 0.593. The van der Waals surface area contributed by atoms with Crippen LogP contribution < -0.4 is 10.6 Å². The minimum Gasteiger partial charge on any atom is -0.446 e. The van der Waals surface area contributed by atoms with E-state index in [0.29, 0.717) is 29.7 Å². The van der Waals surface area contributed by atoms with E-state index in [1.165, 1.54) is 30.0 Å². The molecule has 1 aliphatic heterocycles. The number of hydrogen-bond acceptors (Lipinski definition) is 6. The number of pyridine rings is 1. The van der Waals surface area contributed by atoms with Gasteiger partial charge in [-0.25, -0.2) is 9.78 Å². The molecule has 2 heterocycles. The first-order chi connectivity index (χ1) is 16.0. The predicted octanol–water partition coefficient (Wildman–Crippen LogP) is 3.56. The second kappa shape index (κ2) is 9.46. The lowest BCUT2D eigenvalue weighted by molar-refractivity contribution is -0.140. The summed E-state index contributed by atoms with van der Waals surface area (Å²) in [4.78, 5) is 29.6. The fourth-order valence-corrected chi connectivity index (χ4v) is 4.41. The van der Waals surface area contributed by atoms with Crippen LogP contribution >= 0.6 is 11.6 Å². The van der Waals surface area contributed by atoms with Crippen LogP contribution in [0.2, 0.25) is 5.02 Å². The molecule has 4 rings (SSSR count). The van der Waals surface area contributed by atoms with Crippen molar-refractivity contribution in [1.82, 2.24) is 15.2 Å². The van der Waals surface area contributed by atoms with Gasteiger partial charge in [-0.2, -0.15) is 13.2 Å². The van der Waals surface area contributed by atoms with Gasteiger partial charge in [0.25, 0.3) is 0 Å². The van der Waals surface area contributed by atoms with Crippen molar-refractivity contribution in [2.24, 2.45) is 0 Å². The number of benzene rings is 1. The molecule has 1 aromatic carbocycles. The highest BCUT2D eigenvalue weighted by molar-refractivity contribution is 6.31. The molecule has 12 heteroatoms. The Morgan fingerprint density at radius 3 is 2.53 bits per heavy atom. The van der Waals surface area contributed by atoms with E-state index in [-0.39, 0.29) is 36.3 Å². The van der Waals surface area contributed by atoms with Crippen LogP contribution in [0.15, 0.2) is 24.3 Å². The van der Waals surface area contributed by atoms with Crippen LogP contribution in [-0.2, 0) is 15.7 Å². The number of rotatable bonds is 4. The number of hydrogen-bond donors (Lipinski definition) is 3. The number of likely N-dealkylation sites (tertiary alicyclic amines) is 1. The second-order valence-corrected chi connectivity index (χ2v) is 9.15. The molecule has 2 amide bonds. The van der Waals surface area contributed by atoms with E-state index in [0.717, 1.165) is 6.07 Å². The Labute approximate surface area is 198 Å². The smallest absolute Gasteiger partial charge is 0.433 e. The van der Waals surface area contributed by atoms with Gasteiger partial charge in [-0.15, -0.1) is 0 Å². The monoisotopic (exact) mass is 500 g/mol. The van der Waals surface area contributed by atoms with E-state index < -0.39 is 36.2 Å². The number of amides is 2. The van der Waals surface area contributed by atoms with E-state index in [1.807, 2.05) is 0 Å². The van der Waals surface area contributed by atoms with Gasteiger partial charge >= 0.3 is 12.3 Å². The van der Waals surface area contributed by atoms with Crippen molar-refractivity contribution in [3.05, 3.63) is 35.0 Å². The van der Waals surface area contributed by atoms with Gasteiger partial charge in [-0.1, -0.05) is 11.6 Å². The van der Waals surface area contributed by atoms with Crippen molar-refractivity contribution in [2.75, 3.05) is 18.4 Å². The molecular weight excluding hydrogens is 477 g/mol. The Balaban J connectivity index is 1.55. The fourth-order valence-electron chi connectivity index (χ4n) is 4.23. The maximum absolute atomic E-state index is 13.4. The lowest BCUT2D eigenvalue weighted by Gasteiger charge is -2.39. The number of carbonyl (C=O) groups excluding carboxylic acids is 2. The average molecular weight is 501 g/mol. The van der Waals surface area contributed by atoms with Gasteiger partial charge in [-0.05, 0) is 30.7 Å². The zero-order valence-electron chi connectivity index (χ0n) is 18.2. The summed E-state index contributed by atoms with van der Waals surface area (Å²) in [6, 6.07) is 4.39. The summed E-state index contributed by atoms with van der Waals surface area (Å²) < 4.78 is 45.6. The number of alkyl halides is 3. The first-order valence-electron chi connectivity index (χ1n) is 10.8. The molecule has 34 heavy (non-hydrogen) atoms. The summed E-state index contributed by atoms with van der Waals surface area (Å²) in [5.41, 5.74) is -0.744. The van der Waals surface area contributed by atoms with Crippen LogP contribution in [0.5, 0.6) is 0 Å². The zero-order valence-corrected chi connectivity index (χ0v) is 19.0. The maximum Gasteiger partial charge on any atom is 0.433 e. The standard InChI is InChI=1S/C22H24ClF3N4O4/c1-11(31)30-9-13(5-14(10-30)28-21(33)34-16-6-15(32)7-16)27-19-8-20(22(24,25)26)29-18-3-2-12(23)4-17(18)19/h2-4,8,13-16,32H,5-7,9-10H2,1H3,(H,27,29)(H,28,33)/t13-,14+,15?,16?/m1/s1. The molecule has 2 aliphatic rings. The summed E-state index contributed by atoms with van der Waals surface area (Å²) in [5, 5.41) is 15.9. The molecule has 0 bridgehead atoms. The van der Waals surface area contributed by atoms with Gasteiger partial charge in [0, 0.05) is 55.0 Å². The number of aliphatic hydroxyl groups is 1. The third-order valence-electron chi connectivity index (χ3n) is 5.98. The van der Waals surface area contributed by atoms with Gasteiger partial charge in [0.2, 0.25) is 5.91 Å². The molecule has 2 atom stereocenters. The number of carbonyl (C=O) groups is 2. The minimum absolute atomic E-state index is 0.127. The minimum atomic E-state index is -4.65. The van der Waals surface area contributed by atoms with E-state index >= 15 is 0 Å². The summed E-state index contributed by atoms with van der Waals surface area (Å²) in [6.07, 6.45) is -5.04. The third-order valence-corrected chi connectivity index (χ3v) is 6.22. The second-order valence-electron chi connectivity index (χ2n) is 8.71. The number of anilines is 1. The Morgan fingerprint density at radius 1 is 1.18 bits per heavy atom. The number of aromatic nitrogens is 1. The van der Waals surface area contributed by atoms with Gasteiger partial charge in [0.1, 0.15) is 11.8 Å². The van der Waals surface area contributed by atoms with Gasteiger partial charge < -0.3 is 25.4 Å². The van der Waals surface area contributed by atoms with Crippen molar-refractivity contribution >= 4 is 40.2 Å². The largest absolute Gasteiger partial charge is 0.446 e. The van der Waals surface area contributed by atoms with Crippen LogP contribution in [0.1, 0.15) is 31.9 Å². The molecule has 1 saturated heterocycles. The molecule has 8 nitrogen and oxygen atoms in total. The summed E-state index contributed by atoms with van der Waals surface area (Å²) in [5.74, 6) is -0.229. The molecular formula is C22H24ClF3N4O4. The summed E-state index contributed by atoms with van der Waals surface area (Å²) in [7, 11) is 0. The molecule has 1 saturated carbocycles. The van der Waals surface area contributed by atoms with E-state index in [2.05, 4.69) is 15.6 Å². The van der Waals surface area contributed by atoms with Crippen molar-refractivity contribution < 1.29 is 32.6 Å². The van der Waals surface area contributed by atoms with Crippen molar-refractivity contribution in [2.45, 2.75) is 56.7 Å². The van der Waals surface area contributed by atoms with Crippen molar-refractivity contribution in [3.8, 4) is 0 Å². The van der Waals surface area contributed by atoms with Crippen LogP contribution in [0.4, 0.5) is 23.7 Å². The molecule has 2 fully saturated rings. The van der Waals surface area contributed by atoms with E-state index in [1.54, 1.807) is 0 Å². The first-order valence-corrected chi connectivity index (χ1v) is 11.2. The van der Waals surface area contributed by atoms with Crippen LogP contribution in [0, 0.1) is 0 Å². The molecule has 1 aliphatic carbocycles. The number of halogens is 4. The van der Waals surface area contributed by atoms with E-state index in [9.17, 15) is 27.9 Å². The predicted molar refractivity (Wildman–Crippen MR) is 118 cm³/mol. The van der Waals surface area contributed by atoms with Crippen LogP contribution in [-0.4, -0.2) is 64.4 Å². The summed E-state index contributed by atoms with van der Waals surface area (Å²) in [6.45, 7) is 1.87. The molecule has 0 spiro atoms. The van der Waals surface area contributed by atoms with Gasteiger partial charge in [0.15, 0.2) is 0 Å². The highest BCUT2D eigenvalue weighted by atomic mass is 35.5. The topological polar surface area (TPSA) is 104 Å². The van der Waals surface area contributed by atoms with Crippen molar-refractivity contribution in [1.29, 1.82) is 0 Å². The van der Waals surface area contributed by atoms with Crippen molar-refractivity contribution in [3.63, 3.8) is 0 Å². The molecule has 2 aromatic rings. The molecule has 3 N–H and O–H groups in total. The van der Waals surface area contributed by atoms with Gasteiger partial charge in [-0.3, -0.25) is 4.79 Å². The molecule has 0 radical (unpaired) electrons. The number of ether oxygens (including phenoxy) is 1. The molecule has 0 unspecified atom stereocenters. The fraction of sp³-hybridized carbons (Fsp3) is 0.500. The normalized spacial score (nSPS) is 24.9. The Kier molecular flexibility index (Phi) is 6.77.